The van der Waals surface area contributed by atoms with Crippen molar-refractivity contribution in [3.8, 4) is 5.75 Å². The van der Waals surface area contributed by atoms with Gasteiger partial charge in [0.05, 0.1) is 25.3 Å². The number of rotatable bonds is 4. The minimum atomic E-state index is -0.560. The van der Waals surface area contributed by atoms with Crippen LogP contribution in [0.3, 0.4) is 0 Å². The van der Waals surface area contributed by atoms with Crippen molar-refractivity contribution in [2.45, 2.75) is 9.79 Å². The number of carbonyl (C=O) groups is 1. The van der Waals surface area contributed by atoms with Crippen LogP contribution in [0.1, 0.15) is 0 Å². The Labute approximate surface area is 137 Å². The first-order valence-corrected chi connectivity index (χ1v) is 7.66. The highest BCUT2D eigenvalue weighted by Crippen LogP contribution is 2.31. The van der Waals surface area contributed by atoms with Crippen molar-refractivity contribution in [2.24, 2.45) is 0 Å². The fraction of sp³-hybridized carbons (Fsp3) is 0.125. The standard InChI is InChI=1S/C16H15N3O3S/c1-21-10-4-3-5-11(8-10)23-12-6-7-13-14(9-12)18-15(17-13)19-16(20)22-2/h3-9H,1-2H3,(H2,17,18,19,20). The molecule has 1 heterocycles. The number of aromatic amines is 1. The monoisotopic (exact) mass is 329 g/mol. The Hall–Kier alpha value is -2.67. The molecule has 3 aromatic rings. The molecule has 1 aromatic heterocycles. The molecule has 1 amide bonds. The molecule has 23 heavy (non-hydrogen) atoms. The summed E-state index contributed by atoms with van der Waals surface area (Å²) >= 11 is 1.62. The summed E-state index contributed by atoms with van der Waals surface area (Å²) in [5.41, 5.74) is 1.61. The van der Waals surface area contributed by atoms with Crippen LogP contribution in [0.15, 0.2) is 52.3 Å². The molecule has 0 aliphatic carbocycles. The Kier molecular flexibility index (Phi) is 4.38. The highest BCUT2D eigenvalue weighted by molar-refractivity contribution is 7.99. The maximum absolute atomic E-state index is 11.2. The summed E-state index contributed by atoms with van der Waals surface area (Å²) in [6.07, 6.45) is -0.560. The summed E-state index contributed by atoms with van der Waals surface area (Å²) in [6, 6.07) is 13.7. The van der Waals surface area contributed by atoms with E-state index in [1.54, 1.807) is 18.9 Å². The molecule has 0 bridgehead atoms. The zero-order valence-corrected chi connectivity index (χ0v) is 13.4. The van der Waals surface area contributed by atoms with Crippen molar-refractivity contribution in [3.63, 3.8) is 0 Å². The van der Waals surface area contributed by atoms with Gasteiger partial charge < -0.3 is 14.5 Å². The third-order valence-electron chi connectivity index (χ3n) is 3.14. The first-order valence-electron chi connectivity index (χ1n) is 6.84. The van der Waals surface area contributed by atoms with Crippen LogP contribution in [0.4, 0.5) is 10.7 Å². The van der Waals surface area contributed by atoms with Crippen LogP contribution < -0.4 is 10.1 Å². The maximum atomic E-state index is 11.2. The van der Waals surface area contributed by atoms with E-state index in [-0.39, 0.29) is 0 Å². The zero-order chi connectivity index (χ0) is 16.2. The van der Waals surface area contributed by atoms with Crippen LogP contribution in [-0.2, 0) is 4.74 Å². The minimum absolute atomic E-state index is 0.357. The lowest BCUT2D eigenvalue weighted by molar-refractivity contribution is 0.186. The average molecular weight is 329 g/mol. The number of nitrogens with zero attached hydrogens (tertiary/aromatic N) is 1. The van der Waals surface area contributed by atoms with Crippen molar-refractivity contribution in [3.05, 3.63) is 42.5 Å². The summed E-state index contributed by atoms with van der Waals surface area (Å²) in [5, 5.41) is 2.51. The van der Waals surface area contributed by atoms with E-state index in [0.29, 0.717) is 5.95 Å². The number of nitrogens with one attached hydrogen (secondary N) is 2. The Bertz CT molecular complexity index is 847. The molecule has 0 radical (unpaired) electrons. The van der Waals surface area contributed by atoms with Crippen LogP contribution in [0.25, 0.3) is 11.0 Å². The maximum Gasteiger partial charge on any atom is 0.413 e. The normalized spacial score (nSPS) is 10.5. The van der Waals surface area contributed by atoms with E-state index in [2.05, 4.69) is 20.0 Å². The van der Waals surface area contributed by atoms with Gasteiger partial charge in [-0.3, -0.25) is 5.32 Å². The van der Waals surface area contributed by atoms with E-state index in [4.69, 9.17) is 4.74 Å². The fourth-order valence-electron chi connectivity index (χ4n) is 2.06. The number of hydrogen-bond donors (Lipinski definition) is 2. The molecule has 0 atom stereocenters. The van der Waals surface area contributed by atoms with Gasteiger partial charge in [0.25, 0.3) is 0 Å². The summed E-state index contributed by atoms with van der Waals surface area (Å²) < 4.78 is 9.78. The van der Waals surface area contributed by atoms with Crippen molar-refractivity contribution < 1.29 is 14.3 Å². The number of hydrogen-bond acceptors (Lipinski definition) is 5. The van der Waals surface area contributed by atoms with E-state index in [9.17, 15) is 4.79 Å². The zero-order valence-electron chi connectivity index (χ0n) is 12.6. The molecule has 0 saturated carbocycles. The predicted octanol–water partition coefficient (Wildman–Crippen LogP) is 3.90. The van der Waals surface area contributed by atoms with Crippen LogP contribution in [0.2, 0.25) is 0 Å². The molecule has 0 fully saturated rings. The summed E-state index contributed by atoms with van der Waals surface area (Å²) in [4.78, 5) is 20.7. The first-order chi connectivity index (χ1) is 11.2. The second-order valence-electron chi connectivity index (χ2n) is 4.66. The van der Waals surface area contributed by atoms with Crippen LogP contribution in [0, 0.1) is 0 Å². The molecule has 6 nitrogen and oxygen atoms in total. The lowest BCUT2D eigenvalue weighted by Gasteiger charge is -2.04. The third kappa shape index (κ3) is 3.57. The predicted molar refractivity (Wildman–Crippen MR) is 89.2 cm³/mol. The average Bonchev–Trinajstić information content (AvgIpc) is 2.96. The summed E-state index contributed by atoms with van der Waals surface area (Å²) in [5.74, 6) is 1.18. The Morgan fingerprint density at radius 3 is 2.78 bits per heavy atom. The smallest absolute Gasteiger partial charge is 0.413 e. The summed E-state index contributed by atoms with van der Waals surface area (Å²) in [6.45, 7) is 0. The third-order valence-corrected chi connectivity index (χ3v) is 4.12. The first kappa shape index (κ1) is 15.2. The number of ether oxygens (including phenoxy) is 2. The van der Waals surface area contributed by atoms with Gasteiger partial charge in [0.15, 0.2) is 0 Å². The molecule has 0 unspecified atom stereocenters. The lowest BCUT2D eigenvalue weighted by atomic mass is 10.3. The van der Waals surface area contributed by atoms with E-state index < -0.39 is 6.09 Å². The van der Waals surface area contributed by atoms with Crippen molar-refractivity contribution in [1.29, 1.82) is 0 Å². The Morgan fingerprint density at radius 1 is 1.17 bits per heavy atom. The van der Waals surface area contributed by atoms with Gasteiger partial charge in [0.1, 0.15) is 5.75 Å². The van der Waals surface area contributed by atoms with Gasteiger partial charge in [0, 0.05) is 9.79 Å². The van der Waals surface area contributed by atoms with Crippen LogP contribution in [0.5, 0.6) is 5.75 Å². The topological polar surface area (TPSA) is 76.2 Å². The minimum Gasteiger partial charge on any atom is -0.497 e. The van der Waals surface area contributed by atoms with Gasteiger partial charge in [-0.1, -0.05) is 17.8 Å². The number of H-pyrrole nitrogens is 1. The largest absolute Gasteiger partial charge is 0.497 e. The van der Waals surface area contributed by atoms with Gasteiger partial charge in [0.2, 0.25) is 5.95 Å². The van der Waals surface area contributed by atoms with E-state index in [1.807, 2.05) is 42.5 Å². The molecule has 7 heteroatoms. The van der Waals surface area contributed by atoms with E-state index >= 15 is 0 Å². The SMILES string of the molecule is COC(=O)Nc1nc2ccc(Sc3cccc(OC)c3)cc2[nH]1. The molecule has 2 aromatic carbocycles. The van der Waals surface area contributed by atoms with Crippen molar-refractivity contribution >= 4 is 34.8 Å². The number of anilines is 1. The highest BCUT2D eigenvalue weighted by Gasteiger charge is 2.08. The molecule has 0 saturated heterocycles. The molecule has 2 N–H and O–H groups in total. The number of amides is 1. The van der Waals surface area contributed by atoms with E-state index in [1.165, 1.54) is 7.11 Å². The lowest BCUT2D eigenvalue weighted by Crippen LogP contribution is -2.11. The van der Waals surface area contributed by atoms with Crippen molar-refractivity contribution in [1.82, 2.24) is 9.97 Å². The van der Waals surface area contributed by atoms with Gasteiger partial charge in [-0.15, -0.1) is 0 Å². The number of aromatic nitrogens is 2. The van der Waals surface area contributed by atoms with Gasteiger partial charge in [-0.05, 0) is 36.4 Å². The molecular weight excluding hydrogens is 314 g/mol. The van der Waals surface area contributed by atoms with Crippen molar-refractivity contribution in [2.75, 3.05) is 19.5 Å². The Balaban J connectivity index is 1.83. The second kappa shape index (κ2) is 6.62. The molecule has 0 spiro atoms. The fourth-order valence-corrected chi connectivity index (χ4v) is 2.97. The van der Waals surface area contributed by atoms with E-state index in [0.717, 1.165) is 26.6 Å². The number of fused-ring (bicyclic) bond motifs is 1. The van der Waals surface area contributed by atoms with Gasteiger partial charge >= 0.3 is 6.09 Å². The number of carbonyl (C=O) groups excluding carboxylic acids is 1. The van der Waals surface area contributed by atoms with Crippen LogP contribution >= 0.6 is 11.8 Å². The van der Waals surface area contributed by atoms with Gasteiger partial charge in [-0.25, -0.2) is 9.78 Å². The number of benzene rings is 2. The van der Waals surface area contributed by atoms with Crippen LogP contribution in [-0.4, -0.2) is 30.3 Å². The summed E-state index contributed by atoms with van der Waals surface area (Å²) in [7, 11) is 2.96. The Morgan fingerprint density at radius 2 is 2.00 bits per heavy atom. The second-order valence-corrected chi connectivity index (χ2v) is 5.81. The number of methoxy groups -OCH3 is 2. The highest BCUT2D eigenvalue weighted by atomic mass is 32.2. The number of imidazole rings is 1. The molecule has 0 aliphatic rings. The van der Waals surface area contributed by atoms with Gasteiger partial charge in [-0.2, -0.15) is 0 Å². The molecule has 118 valence electrons. The molecular formula is C16H15N3O3S. The quantitative estimate of drug-likeness (QED) is 0.759. The molecule has 0 aliphatic heterocycles. The molecule has 3 rings (SSSR count).